The molecule has 0 bridgehead atoms. The van der Waals surface area contributed by atoms with E-state index in [1.807, 2.05) is 0 Å². The molecule has 0 aliphatic carbocycles. The fourth-order valence-electron chi connectivity index (χ4n) is 2.15. The van der Waals surface area contributed by atoms with Crippen LogP contribution in [-0.4, -0.2) is 75.0 Å². The Morgan fingerprint density at radius 3 is 2.55 bits per heavy atom. The van der Waals surface area contributed by atoms with Gasteiger partial charge in [0.25, 0.3) is 0 Å². The Labute approximate surface area is 151 Å². The molecule has 0 aromatic carbocycles. The van der Waals surface area contributed by atoms with Crippen LogP contribution in [0.5, 0.6) is 0 Å². The van der Waals surface area contributed by atoms with E-state index in [1.54, 1.807) is 25.1 Å². The normalized spacial score (nSPS) is 15.6. The van der Waals surface area contributed by atoms with Crippen LogP contribution < -0.4 is 10.6 Å². The van der Waals surface area contributed by atoms with E-state index in [4.69, 9.17) is 0 Å². The average Bonchev–Trinajstić information content (AvgIpc) is 2.50. The van der Waals surface area contributed by atoms with Crippen molar-refractivity contribution < 1.29 is 4.79 Å². The summed E-state index contributed by atoms with van der Waals surface area (Å²) in [5.74, 6) is 0.660. The predicted octanol–water partition coefficient (Wildman–Crippen LogP) is 0.900. The molecule has 2 N–H and O–H groups in total. The van der Waals surface area contributed by atoms with Crippen molar-refractivity contribution in [2.75, 3.05) is 53.4 Å². The van der Waals surface area contributed by atoms with E-state index in [0.717, 1.165) is 13.1 Å². The molecule has 0 unspecified atom stereocenters. The number of piperidine rings is 1. The van der Waals surface area contributed by atoms with Crippen molar-refractivity contribution in [2.45, 2.75) is 19.3 Å². The minimum atomic E-state index is -0.00858. The third-order valence-corrected chi connectivity index (χ3v) is 3.45. The van der Waals surface area contributed by atoms with Crippen LogP contribution in [0.15, 0.2) is 17.6 Å². The maximum atomic E-state index is 11.6. The summed E-state index contributed by atoms with van der Waals surface area (Å²) in [6, 6.07) is 0. The van der Waals surface area contributed by atoms with Crippen LogP contribution in [0.2, 0.25) is 0 Å². The summed E-state index contributed by atoms with van der Waals surface area (Å²) >= 11 is 0. The summed E-state index contributed by atoms with van der Waals surface area (Å²) in [7, 11) is 3.47. The van der Waals surface area contributed by atoms with Gasteiger partial charge < -0.3 is 20.4 Å². The molecule has 0 saturated carbocycles. The molecule has 1 aliphatic rings. The van der Waals surface area contributed by atoms with Gasteiger partial charge in [0.2, 0.25) is 5.91 Å². The highest BCUT2D eigenvalue weighted by Gasteiger charge is 2.09. The number of hydrogen-bond donors (Lipinski definition) is 2. The van der Waals surface area contributed by atoms with Gasteiger partial charge >= 0.3 is 0 Å². The van der Waals surface area contributed by atoms with E-state index in [0.29, 0.717) is 12.5 Å². The Bertz CT molecular complexity index is 354. The first-order valence-corrected chi connectivity index (χ1v) is 7.69. The fourth-order valence-corrected chi connectivity index (χ4v) is 2.15. The standard InChI is InChI=1S/C15H29N5O.HI/c1-4-8-16-15(18-13-14(21)19(2)3)17-9-12-20-10-6-5-7-11-20;/h4H,1,5-13H2,2-3H3,(H2,16,17,18);1H. The van der Waals surface area contributed by atoms with Gasteiger partial charge in [-0.15, -0.1) is 30.6 Å². The zero-order valence-electron chi connectivity index (χ0n) is 13.8. The number of carbonyl (C=O) groups is 1. The lowest BCUT2D eigenvalue weighted by atomic mass is 10.1. The number of carbonyl (C=O) groups excluding carboxylic acids is 1. The number of guanidine groups is 1. The van der Waals surface area contributed by atoms with Crippen LogP contribution in [0.4, 0.5) is 0 Å². The van der Waals surface area contributed by atoms with Gasteiger partial charge in [-0.05, 0) is 25.9 Å². The maximum absolute atomic E-state index is 11.6. The van der Waals surface area contributed by atoms with E-state index >= 15 is 0 Å². The van der Waals surface area contributed by atoms with Crippen molar-refractivity contribution in [1.82, 2.24) is 20.4 Å². The quantitative estimate of drug-likeness (QED) is 0.277. The number of rotatable bonds is 7. The third-order valence-electron chi connectivity index (χ3n) is 3.45. The highest BCUT2D eigenvalue weighted by atomic mass is 127. The van der Waals surface area contributed by atoms with E-state index in [9.17, 15) is 4.79 Å². The highest BCUT2D eigenvalue weighted by Crippen LogP contribution is 2.07. The number of likely N-dealkylation sites (N-methyl/N-ethyl adjacent to an activating group) is 1. The molecular weight excluding hydrogens is 393 g/mol. The van der Waals surface area contributed by atoms with Gasteiger partial charge in [0.15, 0.2) is 5.96 Å². The van der Waals surface area contributed by atoms with Gasteiger partial charge in [-0.3, -0.25) is 4.79 Å². The number of halogens is 1. The Morgan fingerprint density at radius 2 is 1.95 bits per heavy atom. The SMILES string of the molecule is C=CCNC(=NCC(=O)N(C)C)NCCN1CCCCC1.I. The molecule has 1 fully saturated rings. The number of nitrogens with one attached hydrogen (secondary N) is 2. The zero-order valence-corrected chi connectivity index (χ0v) is 16.1. The van der Waals surface area contributed by atoms with Crippen LogP contribution >= 0.6 is 24.0 Å². The molecule has 22 heavy (non-hydrogen) atoms. The number of amides is 1. The summed E-state index contributed by atoms with van der Waals surface area (Å²) in [6.07, 6.45) is 5.72. The van der Waals surface area contributed by atoms with Crippen molar-refractivity contribution in [3.8, 4) is 0 Å². The maximum Gasteiger partial charge on any atom is 0.243 e. The summed E-state index contributed by atoms with van der Waals surface area (Å²) in [5, 5.41) is 6.41. The van der Waals surface area contributed by atoms with Crippen molar-refractivity contribution in [3.63, 3.8) is 0 Å². The van der Waals surface area contributed by atoms with Gasteiger partial charge in [0, 0.05) is 33.7 Å². The molecule has 1 amide bonds. The lowest BCUT2D eigenvalue weighted by molar-refractivity contribution is -0.127. The van der Waals surface area contributed by atoms with Crippen LogP contribution in [0.1, 0.15) is 19.3 Å². The second-order valence-corrected chi connectivity index (χ2v) is 5.45. The largest absolute Gasteiger partial charge is 0.355 e. The molecule has 0 aromatic rings. The van der Waals surface area contributed by atoms with E-state index in [1.165, 1.54) is 32.4 Å². The summed E-state index contributed by atoms with van der Waals surface area (Å²) in [6.45, 7) is 8.69. The molecule has 0 spiro atoms. The second-order valence-electron chi connectivity index (χ2n) is 5.45. The molecule has 128 valence electrons. The molecule has 0 aromatic heterocycles. The van der Waals surface area contributed by atoms with Crippen LogP contribution in [0, 0.1) is 0 Å². The average molecular weight is 423 g/mol. The third kappa shape index (κ3) is 9.24. The first-order chi connectivity index (χ1) is 10.1. The molecule has 0 radical (unpaired) electrons. The second kappa shape index (κ2) is 12.7. The zero-order chi connectivity index (χ0) is 15.5. The minimum absolute atomic E-state index is 0. The molecule has 1 rings (SSSR count). The van der Waals surface area contributed by atoms with Gasteiger partial charge in [-0.2, -0.15) is 0 Å². The van der Waals surface area contributed by atoms with Gasteiger partial charge in [-0.25, -0.2) is 4.99 Å². The lowest BCUT2D eigenvalue weighted by Gasteiger charge is -2.26. The van der Waals surface area contributed by atoms with Crippen molar-refractivity contribution in [2.24, 2.45) is 4.99 Å². The Balaban J connectivity index is 0.00000441. The van der Waals surface area contributed by atoms with E-state index in [-0.39, 0.29) is 36.4 Å². The highest BCUT2D eigenvalue weighted by molar-refractivity contribution is 14.0. The van der Waals surface area contributed by atoms with Crippen LogP contribution in [0.3, 0.4) is 0 Å². The van der Waals surface area contributed by atoms with Crippen LogP contribution in [0.25, 0.3) is 0 Å². The van der Waals surface area contributed by atoms with E-state index in [2.05, 4.69) is 27.1 Å². The van der Waals surface area contributed by atoms with Crippen molar-refractivity contribution >= 4 is 35.8 Å². The number of nitrogens with zero attached hydrogens (tertiary/aromatic N) is 3. The summed E-state index contributed by atoms with van der Waals surface area (Å²) in [4.78, 5) is 19.9. The summed E-state index contributed by atoms with van der Waals surface area (Å²) < 4.78 is 0. The Hall–Kier alpha value is -0.830. The van der Waals surface area contributed by atoms with E-state index < -0.39 is 0 Å². The molecular formula is C15H30IN5O. The molecule has 1 aliphatic heterocycles. The number of likely N-dealkylation sites (tertiary alicyclic amines) is 1. The molecule has 1 heterocycles. The summed E-state index contributed by atoms with van der Waals surface area (Å²) in [5.41, 5.74) is 0. The lowest BCUT2D eigenvalue weighted by Crippen LogP contribution is -2.43. The minimum Gasteiger partial charge on any atom is -0.355 e. The van der Waals surface area contributed by atoms with Crippen molar-refractivity contribution in [1.29, 1.82) is 0 Å². The molecule has 7 heteroatoms. The predicted molar refractivity (Wildman–Crippen MR) is 103 cm³/mol. The molecule has 1 saturated heterocycles. The molecule has 6 nitrogen and oxygen atoms in total. The van der Waals surface area contributed by atoms with Gasteiger partial charge in [0.05, 0.1) is 0 Å². The van der Waals surface area contributed by atoms with Gasteiger partial charge in [-0.1, -0.05) is 12.5 Å². The smallest absolute Gasteiger partial charge is 0.243 e. The van der Waals surface area contributed by atoms with Crippen molar-refractivity contribution in [3.05, 3.63) is 12.7 Å². The number of hydrogen-bond acceptors (Lipinski definition) is 3. The van der Waals surface area contributed by atoms with Gasteiger partial charge in [0.1, 0.15) is 6.54 Å². The Kier molecular flexibility index (Phi) is 12.2. The Morgan fingerprint density at radius 1 is 1.27 bits per heavy atom. The topological polar surface area (TPSA) is 60.0 Å². The molecule has 0 atom stereocenters. The first-order valence-electron chi connectivity index (χ1n) is 7.69. The number of aliphatic imine (C=N–C) groups is 1. The monoisotopic (exact) mass is 423 g/mol. The fraction of sp³-hybridized carbons (Fsp3) is 0.733. The first kappa shape index (κ1) is 21.2. The van der Waals surface area contributed by atoms with Crippen LogP contribution in [-0.2, 0) is 4.79 Å².